The number of anilines is 1. The van der Waals surface area contributed by atoms with Crippen molar-refractivity contribution in [2.45, 2.75) is 20.0 Å². The zero-order valence-electron chi connectivity index (χ0n) is 12.3. The van der Waals surface area contributed by atoms with Crippen molar-refractivity contribution in [1.29, 1.82) is 0 Å². The second-order valence-electron chi connectivity index (χ2n) is 4.82. The molecule has 0 saturated carbocycles. The Labute approximate surface area is 127 Å². The number of ether oxygens (including phenoxy) is 1. The number of rotatable bonds is 5. The second kappa shape index (κ2) is 6.71. The van der Waals surface area contributed by atoms with E-state index in [4.69, 9.17) is 4.74 Å². The van der Waals surface area contributed by atoms with E-state index >= 15 is 0 Å². The van der Waals surface area contributed by atoms with Gasteiger partial charge in [0.15, 0.2) is 6.10 Å². The topological polar surface area (TPSA) is 81.5 Å². The summed E-state index contributed by atoms with van der Waals surface area (Å²) in [5.74, 6) is 0.216. The fourth-order valence-corrected chi connectivity index (χ4v) is 1.85. The molecular formula is C16H16N2O4. The summed E-state index contributed by atoms with van der Waals surface area (Å²) in [7, 11) is 0. The van der Waals surface area contributed by atoms with E-state index < -0.39 is 11.0 Å². The van der Waals surface area contributed by atoms with Gasteiger partial charge in [-0.3, -0.25) is 14.9 Å². The van der Waals surface area contributed by atoms with Crippen LogP contribution < -0.4 is 10.1 Å². The number of aryl methyl sites for hydroxylation is 1. The van der Waals surface area contributed by atoms with E-state index in [1.54, 1.807) is 32.0 Å². The molecule has 0 aliphatic heterocycles. The number of nitrogens with zero attached hydrogens (tertiary/aromatic N) is 1. The van der Waals surface area contributed by atoms with Crippen LogP contribution in [0.25, 0.3) is 0 Å². The van der Waals surface area contributed by atoms with Gasteiger partial charge in [0, 0.05) is 12.1 Å². The van der Waals surface area contributed by atoms with Crippen LogP contribution in [0.15, 0.2) is 48.5 Å². The van der Waals surface area contributed by atoms with Crippen molar-refractivity contribution in [3.63, 3.8) is 0 Å². The average molecular weight is 300 g/mol. The molecule has 2 rings (SSSR count). The first-order valence-electron chi connectivity index (χ1n) is 6.75. The van der Waals surface area contributed by atoms with Crippen LogP contribution in [0.3, 0.4) is 0 Å². The molecule has 0 bridgehead atoms. The van der Waals surface area contributed by atoms with Crippen LogP contribution in [0.5, 0.6) is 5.75 Å². The summed E-state index contributed by atoms with van der Waals surface area (Å²) in [4.78, 5) is 22.4. The van der Waals surface area contributed by atoms with Crippen LogP contribution in [0.1, 0.15) is 12.5 Å². The number of amides is 1. The molecule has 0 unspecified atom stereocenters. The van der Waals surface area contributed by atoms with Gasteiger partial charge in [-0.15, -0.1) is 0 Å². The van der Waals surface area contributed by atoms with Crippen molar-refractivity contribution < 1.29 is 14.5 Å². The zero-order valence-corrected chi connectivity index (χ0v) is 12.3. The number of benzene rings is 2. The number of non-ortho nitro benzene ring substituents is 1. The highest BCUT2D eigenvalue weighted by Gasteiger charge is 2.17. The molecular weight excluding hydrogens is 284 g/mol. The molecule has 0 radical (unpaired) electrons. The molecule has 1 amide bonds. The predicted molar refractivity (Wildman–Crippen MR) is 83.0 cm³/mol. The molecule has 0 fully saturated rings. The molecule has 0 aromatic heterocycles. The second-order valence-corrected chi connectivity index (χ2v) is 4.82. The minimum absolute atomic E-state index is 0.0717. The van der Waals surface area contributed by atoms with Gasteiger partial charge < -0.3 is 10.1 Å². The summed E-state index contributed by atoms with van der Waals surface area (Å²) < 4.78 is 5.52. The number of hydrogen-bond donors (Lipinski definition) is 1. The normalized spacial score (nSPS) is 11.5. The van der Waals surface area contributed by atoms with Gasteiger partial charge in [0.1, 0.15) is 5.75 Å². The molecule has 6 heteroatoms. The summed E-state index contributed by atoms with van der Waals surface area (Å²) in [6.07, 6.45) is -0.721. The van der Waals surface area contributed by atoms with Crippen LogP contribution in [0.4, 0.5) is 11.4 Å². The van der Waals surface area contributed by atoms with Crippen molar-refractivity contribution in [3.05, 3.63) is 64.2 Å². The van der Waals surface area contributed by atoms with Gasteiger partial charge in [-0.2, -0.15) is 0 Å². The third-order valence-electron chi connectivity index (χ3n) is 3.12. The van der Waals surface area contributed by atoms with Crippen molar-refractivity contribution >= 4 is 17.3 Å². The van der Waals surface area contributed by atoms with E-state index in [0.29, 0.717) is 11.4 Å². The molecule has 22 heavy (non-hydrogen) atoms. The lowest BCUT2D eigenvalue weighted by Gasteiger charge is -2.15. The van der Waals surface area contributed by atoms with E-state index in [-0.39, 0.29) is 11.6 Å². The first-order chi connectivity index (χ1) is 10.5. The number of carbonyl (C=O) groups is 1. The van der Waals surface area contributed by atoms with Crippen molar-refractivity contribution in [1.82, 2.24) is 0 Å². The lowest BCUT2D eigenvalue weighted by atomic mass is 10.1. The summed E-state index contributed by atoms with van der Waals surface area (Å²) in [5.41, 5.74) is 1.08. The fourth-order valence-electron chi connectivity index (χ4n) is 1.85. The van der Waals surface area contributed by atoms with Crippen molar-refractivity contribution in [2.24, 2.45) is 0 Å². The van der Waals surface area contributed by atoms with Gasteiger partial charge >= 0.3 is 0 Å². The molecule has 0 aliphatic rings. The van der Waals surface area contributed by atoms with Gasteiger partial charge in [0.2, 0.25) is 0 Å². The third kappa shape index (κ3) is 3.82. The van der Waals surface area contributed by atoms with E-state index in [2.05, 4.69) is 5.32 Å². The van der Waals surface area contributed by atoms with Gasteiger partial charge in [-0.1, -0.05) is 24.3 Å². The highest BCUT2D eigenvalue weighted by molar-refractivity contribution is 5.95. The maximum atomic E-state index is 12.1. The summed E-state index contributed by atoms with van der Waals surface area (Å²) in [6.45, 7) is 3.39. The molecule has 1 atom stereocenters. The SMILES string of the molecule is Cc1ccc([N+](=O)[O-])cc1NC(=O)[C@@H](C)Oc1ccccc1. The highest BCUT2D eigenvalue weighted by atomic mass is 16.6. The van der Waals surface area contributed by atoms with Gasteiger partial charge in [0.05, 0.1) is 10.6 Å². The van der Waals surface area contributed by atoms with Crippen molar-refractivity contribution in [3.8, 4) is 5.75 Å². The van der Waals surface area contributed by atoms with Gasteiger partial charge in [0.25, 0.3) is 11.6 Å². The number of hydrogen-bond acceptors (Lipinski definition) is 4. The lowest BCUT2D eigenvalue weighted by molar-refractivity contribution is -0.384. The van der Waals surface area contributed by atoms with Crippen LogP contribution in [-0.2, 0) is 4.79 Å². The van der Waals surface area contributed by atoms with Crippen LogP contribution in [0.2, 0.25) is 0 Å². The molecule has 6 nitrogen and oxygen atoms in total. The van der Waals surface area contributed by atoms with Gasteiger partial charge in [-0.25, -0.2) is 0 Å². The van der Waals surface area contributed by atoms with Crippen molar-refractivity contribution in [2.75, 3.05) is 5.32 Å². The summed E-state index contributed by atoms with van der Waals surface area (Å²) in [5, 5.41) is 13.5. The Kier molecular flexibility index (Phi) is 4.73. The molecule has 1 N–H and O–H groups in total. The first-order valence-corrected chi connectivity index (χ1v) is 6.75. The molecule has 2 aromatic rings. The Morgan fingerprint density at radius 2 is 1.91 bits per heavy atom. The monoisotopic (exact) mass is 300 g/mol. The Morgan fingerprint density at radius 1 is 1.23 bits per heavy atom. The Hall–Kier alpha value is -2.89. The standard InChI is InChI=1S/C16H16N2O4/c1-11-8-9-13(18(20)21)10-15(11)17-16(19)12(2)22-14-6-4-3-5-7-14/h3-10,12H,1-2H3,(H,17,19)/t12-/m1/s1. The number of nitro benzene ring substituents is 1. The largest absolute Gasteiger partial charge is 0.481 e. The molecule has 2 aromatic carbocycles. The first kappa shape index (κ1) is 15.5. The third-order valence-corrected chi connectivity index (χ3v) is 3.12. The maximum absolute atomic E-state index is 12.1. The van der Waals surface area contributed by atoms with Crippen LogP contribution >= 0.6 is 0 Å². The predicted octanol–water partition coefficient (Wildman–Crippen LogP) is 3.31. The van der Waals surface area contributed by atoms with Crippen LogP contribution in [-0.4, -0.2) is 16.9 Å². The molecule has 114 valence electrons. The molecule has 0 aliphatic carbocycles. The van der Waals surface area contributed by atoms with Crippen LogP contribution in [0, 0.1) is 17.0 Å². The average Bonchev–Trinajstić information content (AvgIpc) is 2.50. The summed E-state index contributed by atoms with van der Waals surface area (Å²) >= 11 is 0. The zero-order chi connectivity index (χ0) is 16.1. The fraction of sp³-hybridized carbons (Fsp3) is 0.188. The van der Waals surface area contributed by atoms with E-state index in [0.717, 1.165) is 5.56 Å². The van der Waals surface area contributed by atoms with E-state index in [1.165, 1.54) is 12.1 Å². The number of nitrogens with one attached hydrogen (secondary N) is 1. The Bertz CT molecular complexity index is 686. The number of para-hydroxylation sites is 1. The Morgan fingerprint density at radius 3 is 2.55 bits per heavy atom. The van der Waals surface area contributed by atoms with Gasteiger partial charge in [-0.05, 0) is 31.5 Å². The van der Waals surface area contributed by atoms with E-state index in [9.17, 15) is 14.9 Å². The van der Waals surface area contributed by atoms with E-state index in [1.807, 2.05) is 18.2 Å². The minimum atomic E-state index is -0.721. The number of carbonyl (C=O) groups excluding carboxylic acids is 1. The summed E-state index contributed by atoms with van der Waals surface area (Å²) in [6, 6.07) is 13.3. The highest BCUT2D eigenvalue weighted by Crippen LogP contribution is 2.22. The lowest BCUT2D eigenvalue weighted by Crippen LogP contribution is -2.30. The Balaban J connectivity index is 2.08. The maximum Gasteiger partial charge on any atom is 0.271 e. The quantitative estimate of drug-likeness (QED) is 0.678. The molecule has 0 spiro atoms. The molecule has 0 saturated heterocycles. The molecule has 0 heterocycles. The number of nitro groups is 1. The minimum Gasteiger partial charge on any atom is -0.481 e. The smallest absolute Gasteiger partial charge is 0.271 e.